The van der Waals surface area contributed by atoms with Gasteiger partial charge in [-0.15, -0.1) is 12.4 Å². The molecule has 0 aliphatic heterocycles. The van der Waals surface area contributed by atoms with Crippen molar-refractivity contribution in [1.29, 1.82) is 0 Å². The Balaban J connectivity index is 0.00000576. The maximum atomic E-state index is 11.7. The van der Waals surface area contributed by atoms with Crippen LogP contribution in [0.25, 0.3) is 0 Å². The molecule has 0 aromatic heterocycles. The van der Waals surface area contributed by atoms with Gasteiger partial charge in [-0.05, 0) is 26.7 Å². The minimum atomic E-state index is -3.48. The molecule has 0 aromatic carbocycles. The van der Waals surface area contributed by atoms with Gasteiger partial charge < -0.3 is 15.4 Å². The van der Waals surface area contributed by atoms with E-state index in [0.29, 0.717) is 19.1 Å². The van der Waals surface area contributed by atoms with E-state index in [-0.39, 0.29) is 43.3 Å². The molecular formula is C16H34ClN3O4S. The SMILES string of the molecule is CC(C)OCCS(=O)(=O)NCC(=O)NCCNC1CCCCCC1.Cl. The number of carbonyl (C=O) groups is 1. The van der Waals surface area contributed by atoms with Gasteiger partial charge in [0.25, 0.3) is 0 Å². The number of rotatable bonds is 11. The summed E-state index contributed by atoms with van der Waals surface area (Å²) in [4.78, 5) is 11.7. The van der Waals surface area contributed by atoms with E-state index in [0.717, 1.165) is 0 Å². The Morgan fingerprint density at radius 3 is 2.36 bits per heavy atom. The smallest absolute Gasteiger partial charge is 0.235 e. The lowest BCUT2D eigenvalue weighted by Gasteiger charge is -2.16. The van der Waals surface area contributed by atoms with Crippen LogP contribution in [0.2, 0.25) is 0 Å². The van der Waals surface area contributed by atoms with Crippen LogP contribution in [-0.4, -0.2) is 58.5 Å². The van der Waals surface area contributed by atoms with Crippen molar-refractivity contribution in [3.63, 3.8) is 0 Å². The first-order valence-corrected chi connectivity index (χ1v) is 10.6. The fourth-order valence-corrected chi connectivity index (χ4v) is 3.48. The number of amides is 1. The van der Waals surface area contributed by atoms with Gasteiger partial charge in [0.2, 0.25) is 15.9 Å². The Bertz CT molecular complexity index is 452. The standard InChI is InChI=1S/C16H33N3O4S.ClH/c1-14(2)23-11-12-24(21,22)19-13-16(20)18-10-9-17-15-7-5-3-4-6-8-15;/h14-15,17,19H,3-13H2,1-2H3,(H,18,20);1H. The number of halogens is 1. The summed E-state index contributed by atoms with van der Waals surface area (Å²) in [5.41, 5.74) is 0. The molecule has 1 fully saturated rings. The molecule has 0 bridgehead atoms. The fraction of sp³-hybridized carbons (Fsp3) is 0.938. The second-order valence-corrected chi connectivity index (χ2v) is 8.48. The number of hydrogen-bond donors (Lipinski definition) is 3. The highest BCUT2D eigenvalue weighted by Crippen LogP contribution is 2.16. The molecule has 0 atom stereocenters. The minimum absolute atomic E-state index is 0. The van der Waals surface area contributed by atoms with Gasteiger partial charge in [0.15, 0.2) is 0 Å². The molecule has 0 aromatic rings. The van der Waals surface area contributed by atoms with Gasteiger partial charge in [0, 0.05) is 19.1 Å². The zero-order valence-electron chi connectivity index (χ0n) is 15.4. The van der Waals surface area contributed by atoms with E-state index < -0.39 is 10.0 Å². The molecule has 0 radical (unpaired) electrons. The summed E-state index contributed by atoms with van der Waals surface area (Å²) in [6.45, 7) is 4.81. The summed E-state index contributed by atoms with van der Waals surface area (Å²) in [6.07, 6.45) is 7.57. The lowest BCUT2D eigenvalue weighted by Crippen LogP contribution is -2.42. The molecule has 0 spiro atoms. The Hall–Kier alpha value is -0.410. The number of carbonyl (C=O) groups excluding carboxylic acids is 1. The topological polar surface area (TPSA) is 96.5 Å². The van der Waals surface area contributed by atoms with Crippen LogP contribution < -0.4 is 15.4 Å². The Kier molecular flexibility index (Phi) is 13.5. The predicted molar refractivity (Wildman–Crippen MR) is 103 cm³/mol. The van der Waals surface area contributed by atoms with Crippen LogP contribution in [0.3, 0.4) is 0 Å². The fourth-order valence-electron chi connectivity index (χ4n) is 2.67. The molecule has 7 nitrogen and oxygen atoms in total. The Morgan fingerprint density at radius 2 is 1.76 bits per heavy atom. The third kappa shape index (κ3) is 13.5. The molecule has 9 heteroatoms. The lowest BCUT2D eigenvalue weighted by molar-refractivity contribution is -0.119. The number of sulfonamides is 1. The van der Waals surface area contributed by atoms with E-state index in [4.69, 9.17) is 4.74 Å². The van der Waals surface area contributed by atoms with E-state index in [1.54, 1.807) is 0 Å². The summed E-state index contributed by atoms with van der Waals surface area (Å²) in [6, 6.07) is 0.545. The molecule has 1 aliphatic rings. The molecule has 0 heterocycles. The molecular weight excluding hydrogens is 366 g/mol. The first-order valence-electron chi connectivity index (χ1n) is 8.98. The van der Waals surface area contributed by atoms with Crippen molar-refractivity contribution in [2.75, 3.05) is 32.0 Å². The second kappa shape index (κ2) is 13.7. The third-order valence-electron chi connectivity index (χ3n) is 3.99. The van der Waals surface area contributed by atoms with E-state index in [2.05, 4.69) is 15.4 Å². The highest BCUT2D eigenvalue weighted by atomic mass is 35.5. The predicted octanol–water partition coefficient (Wildman–Crippen LogP) is 1.18. The van der Waals surface area contributed by atoms with Crippen LogP contribution in [0.4, 0.5) is 0 Å². The molecule has 1 amide bonds. The maximum Gasteiger partial charge on any atom is 0.235 e. The summed E-state index contributed by atoms with van der Waals surface area (Å²) < 4.78 is 30.9. The van der Waals surface area contributed by atoms with Crippen molar-refractivity contribution in [2.24, 2.45) is 0 Å². The van der Waals surface area contributed by atoms with Gasteiger partial charge in [0.1, 0.15) is 0 Å². The van der Waals surface area contributed by atoms with Crippen LogP contribution in [0.1, 0.15) is 52.4 Å². The van der Waals surface area contributed by atoms with Gasteiger partial charge in [-0.25, -0.2) is 13.1 Å². The van der Waals surface area contributed by atoms with Crippen molar-refractivity contribution >= 4 is 28.3 Å². The second-order valence-electron chi connectivity index (χ2n) is 6.55. The van der Waals surface area contributed by atoms with Crippen molar-refractivity contribution in [3.05, 3.63) is 0 Å². The van der Waals surface area contributed by atoms with Crippen molar-refractivity contribution in [1.82, 2.24) is 15.4 Å². The van der Waals surface area contributed by atoms with E-state index >= 15 is 0 Å². The minimum Gasteiger partial charge on any atom is -0.378 e. The molecule has 0 saturated heterocycles. The van der Waals surface area contributed by atoms with Crippen molar-refractivity contribution < 1.29 is 17.9 Å². The van der Waals surface area contributed by atoms with Crippen LogP contribution in [0.15, 0.2) is 0 Å². The van der Waals surface area contributed by atoms with Gasteiger partial charge >= 0.3 is 0 Å². The largest absolute Gasteiger partial charge is 0.378 e. The number of hydrogen-bond acceptors (Lipinski definition) is 5. The molecule has 1 saturated carbocycles. The van der Waals surface area contributed by atoms with E-state index in [1.807, 2.05) is 13.8 Å². The molecule has 3 N–H and O–H groups in total. The van der Waals surface area contributed by atoms with Gasteiger partial charge in [-0.3, -0.25) is 4.79 Å². The quantitative estimate of drug-likeness (QED) is 0.358. The van der Waals surface area contributed by atoms with E-state index in [1.165, 1.54) is 38.5 Å². The van der Waals surface area contributed by atoms with Gasteiger partial charge in [-0.1, -0.05) is 25.7 Å². The average Bonchev–Trinajstić information content (AvgIpc) is 2.78. The normalized spacial score (nSPS) is 16.3. The number of nitrogens with one attached hydrogen (secondary N) is 3. The van der Waals surface area contributed by atoms with Crippen LogP contribution in [0, 0.1) is 0 Å². The monoisotopic (exact) mass is 399 g/mol. The van der Waals surface area contributed by atoms with E-state index in [9.17, 15) is 13.2 Å². The summed E-state index contributed by atoms with van der Waals surface area (Å²) in [5.74, 6) is -0.451. The zero-order chi connectivity index (χ0) is 17.8. The number of ether oxygens (including phenoxy) is 1. The highest BCUT2D eigenvalue weighted by molar-refractivity contribution is 7.89. The summed E-state index contributed by atoms with van der Waals surface area (Å²) >= 11 is 0. The summed E-state index contributed by atoms with van der Waals surface area (Å²) in [5, 5.41) is 6.18. The van der Waals surface area contributed by atoms with Crippen molar-refractivity contribution in [3.8, 4) is 0 Å². The highest BCUT2D eigenvalue weighted by Gasteiger charge is 2.13. The van der Waals surface area contributed by atoms with Gasteiger partial charge in [-0.2, -0.15) is 0 Å². The molecule has 0 unspecified atom stereocenters. The Labute approximate surface area is 158 Å². The molecule has 150 valence electrons. The first-order chi connectivity index (χ1) is 11.4. The lowest BCUT2D eigenvalue weighted by atomic mass is 10.1. The van der Waals surface area contributed by atoms with Crippen LogP contribution >= 0.6 is 12.4 Å². The third-order valence-corrected chi connectivity index (χ3v) is 5.28. The van der Waals surface area contributed by atoms with Crippen LogP contribution in [-0.2, 0) is 19.6 Å². The molecule has 1 rings (SSSR count). The van der Waals surface area contributed by atoms with Crippen LogP contribution in [0.5, 0.6) is 0 Å². The maximum absolute atomic E-state index is 11.7. The van der Waals surface area contributed by atoms with Crippen molar-refractivity contribution in [2.45, 2.75) is 64.5 Å². The molecule has 25 heavy (non-hydrogen) atoms. The first kappa shape index (κ1) is 24.6. The average molecular weight is 400 g/mol. The summed E-state index contributed by atoms with van der Waals surface area (Å²) in [7, 11) is -3.48. The zero-order valence-corrected chi connectivity index (χ0v) is 17.0. The Morgan fingerprint density at radius 1 is 1.12 bits per heavy atom. The molecule has 1 aliphatic carbocycles. The van der Waals surface area contributed by atoms with Gasteiger partial charge in [0.05, 0.1) is 25.0 Å².